The van der Waals surface area contributed by atoms with Crippen LogP contribution in [0.3, 0.4) is 0 Å². The number of rotatable bonds is 6. The summed E-state index contributed by atoms with van der Waals surface area (Å²) in [5.74, 6) is 0.0707. The van der Waals surface area contributed by atoms with E-state index in [2.05, 4.69) is 18.5 Å². The molecule has 1 unspecified atom stereocenters. The predicted octanol–water partition coefficient (Wildman–Crippen LogP) is 3.20. The van der Waals surface area contributed by atoms with Gasteiger partial charge in [0.05, 0.1) is 0 Å². The molecule has 0 spiro atoms. The first-order valence-corrected chi connectivity index (χ1v) is 6.69. The van der Waals surface area contributed by atoms with Crippen molar-refractivity contribution >= 4 is 11.8 Å². The third-order valence-corrected chi connectivity index (χ3v) is 3.06. The molecule has 1 N–H and O–H groups in total. The normalized spacial score (nSPS) is 12.8. The Morgan fingerprint density at radius 1 is 1.38 bits per heavy atom. The van der Waals surface area contributed by atoms with Crippen LogP contribution >= 0.6 is 11.8 Å². The minimum atomic E-state index is -0.531. The fourth-order valence-corrected chi connectivity index (χ4v) is 1.94. The second kappa shape index (κ2) is 6.86. The van der Waals surface area contributed by atoms with Crippen molar-refractivity contribution in [2.24, 2.45) is 0 Å². The number of hydrogen-bond donors (Lipinski definition) is 1. The molecule has 0 fully saturated rings. The fraction of sp³-hybridized carbons (Fsp3) is 0.500. The molecule has 90 valence electrons. The highest BCUT2D eigenvalue weighted by atomic mass is 32.2. The molecule has 0 bridgehead atoms. The molecule has 1 atom stereocenters. The maximum Gasteiger partial charge on any atom is 0.130 e. The molecule has 0 aliphatic heterocycles. The Labute approximate surface area is 99.6 Å². The van der Waals surface area contributed by atoms with E-state index in [1.165, 1.54) is 12.1 Å². The van der Waals surface area contributed by atoms with Crippen LogP contribution in [-0.2, 0) is 6.54 Å². The Hall–Kier alpha value is -0.610. The second-order valence-electron chi connectivity index (χ2n) is 3.80. The third-order valence-electron chi connectivity index (χ3n) is 2.41. The quantitative estimate of drug-likeness (QED) is 0.826. The summed E-state index contributed by atoms with van der Waals surface area (Å²) in [6.07, 6.45) is 3.11. The largest absolute Gasteiger partial charge is 0.310 e. The SMILES string of the molecule is CSCCC(C)NCc1ccc(F)cc1F. The first-order chi connectivity index (χ1) is 7.63. The number of benzene rings is 1. The van der Waals surface area contributed by atoms with Gasteiger partial charge in [0.15, 0.2) is 0 Å². The smallest absolute Gasteiger partial charge is 0.130 e. The first-order valence-electron chi connectivity index (χ1n) is 5.29. The summed E-state index contributed by atoms with van der Waals surface area (Å²) in [6.45, 7) is 2.51. The van der Waals surface area contributed by atoms with Crippen LogP contribution in [0.5, 0.6) is 0 Å². The molecule has 0 aliphatic rings. The van der Waals surface area contributed by atoms with Gasteiger partial charge in [-0.1, -0.05) is 6.07 Å². The van der Waals surface area contributed by atoms with Crippen molar-refractivity contribution in [2.45, 2.75) is 25.9 Å². The van der Waals surface area contributed by atoms with Crippen molar-refractivity contribution in [3.63, 3.8) is 0 Å². The molecule has 1 aromatic carbocycles. The molecule has 0 aromatic heterocycles. The summed E-state index contributed by atoms with van der Waals surface area (Å²) >= 11 is 1.79. The van der Waals surface area contributed by atoms with Crippen molar-refractivity contribution in [2.75, 3.05) is 12.0 Å². The molecule has 1 rings (SSSR count). The van der Waals surface area contributed by atoms with Gasteiger partial charge >= 0.3 is 0 Å². The molecule has 1 aromatic rings. The zero-order valence-corrected chi connectivity index (χ0v) is 10.4. The lowest BCUT2D eigenvalue weighted by Crippen LogP contribution is -2.26. The summed E-state index contributed by atoms with van der Waals surface area (Å²) in [5, 5.41) is 3.22. The van der Waals surface area contributed by atoms with Gasteiger partial charge in [-0.15, -0.1) is 0 Å². The molecule has 0 saturated heterocycles. The van der Waals surface area contributed by atoms with Crippen molar-refractivity contribution in [1.82, 2.24) is 5.32 Å². The van der Waals surface area contributed by atoms with Crippen molar-refractivity contribution < 1.29 is 8.78 Å². The first kappa shape index (κ1) is 13.5. The van der Waals surface area contributed by atoms with E-state index in [4.69, 9.17) is 0 Å². The van der Waals surface area contributed by atoms with Crippen molar-refractivity contribution in [1.29, 1.82) is 0 Å². The minimum absolute atomic E-state index is 0.344. The maximum absolute atomic E-state index is 13.3. The second-order valence-corrected chi connectivity index (χ2v) is 4.78. The van der Waals surface area contributed by atoms with Gasteiger partial charge in [-0.05, 0) is 31.4 Å². The van der Waals surface area contributed by atoms with Crippen LogP contribution in [0.15, 0.2) is 18.2 Å². The summed E-state index contributed by atoms with van der Waals surface area (Å²) < 4.78 is 25.9. The zero-order valence-electron chi connectivity index (χ0n) is 9.59. The lowest BCUT2D eigenvalue weighted by atomic mass is 10.2. The molecule has 1 nitrogen and oxygen atoms in total. The molecule has 0 saturated carbocycles. The summed E-state index contributed by atoms with van der Waals surface area (Å²) in [7, 11) is 0. The maximum atomic E-state index is 13.3. The molecule has 0 radical (unpaired) electrons. The van der Waals surface area contributed by atoms with E-state index in [1.807, 2.05) is 0 Å². The Bertz CT molecular complexity index is 331. The topological polar surface area (TPSA) is 12.0 Å². The average Bonchev–Trinajstić information content (AvgIpc) is 2.25. The van der Waals surface area contributed by atoms with Crippen LogP contribution in [0.1, 0.15) is 18.9 Å². The van der Waals surface area contributed by atoms with E-state index < -0.39 is 11.6 Å². The number of hydrogen-bond acceptors (Lipinski definition) is 2. The van der Waals surface area contributed by atoms with E-state index in [0.29, 0.717) is 18.2 Å². The summed E-state index contributed by atoms with van der Waals surface area (Å²) in [4.78, 5) is 0. The Balaban J connectivity index is 2.42. The Morgan fingerprint density at radius 2 is 2.12 bits per heavy atom. The van der Waals surface area contributed by atoms with Gasteiger partial charge in [-0.25, -0.2) is 8.78 Å². The minimum Gasteiger partial charge on any atom is -0.310 e. The third kappa shape index (κ3) is 4.49. The van der Waals surface area contributed by atoms with E-state index in [0.717, 1.165) is 18.2 Å². The highest BCUT2D eigenvalue weighted by Gasteiger charge is 2.05. The van der Waals surface area contributed by atoms with E-state index in [9.17, 15) is 8.78 Å². The van der Waals surface area contributed by atoms with Crippen LogP contribution in [0.2, 0.25) is 0 Å². The number of nitrogens with one attached hydrogen (secondary N) is 1. The van der Waals surface area contributed by atoms with Gasteiger partial charge in [0, 0.05) is 24.2 Å². The van der Waals surface area contributed by atoms with Gasteiger partial charge in [-0.3, -0.25) is 0 Å². The van der Waals surface area contributed by atoms with Crippen LogP contribution in [0.25, 0.3) is 0 Å². The van der Waals surface area contributed by atoms with Gasteiger partial charge in [0.25, 0.3) is 0 Å². The molecular formula is C12H17F2NS. The van der Waals surface area contributed by atoms with Crippen LogP contribution in [-0.4, -0.2) is 18.1 Å². The standard InChI is InChI=1S/C12H17F2NS/c1-9(5-6-16-2)15-8-10-3-4-11(13)7-12(10)14/h3-4,7,9,15H,5-6,8H2,1-2H3. The van der Waals surface area contributed by atoms with E-state index in [-0.39, 0.29) is 0 Å². The molecule has 0 aliphatic carbocycles. The predicted molar refractivity (Wildman–Crippen MR) is 65.7 cm³/mol. The van der Waals surface area contributed by atoms with Crippen LogP contribution in [0, 0.1) is 11.6 Å². The molecule has 16 heavy (non-hydrogen) atoms. The van der Waals surface area contributed by atoms with Gasteiger partial charge in [-0.2, -0.15) is 11.8 Å². The number of thioether (sulfide) groups is 1. The molecule has 0 heterocycles. The van der Waals surface area contributed by atoms with Crippen molar-refractivity contribution in [3.8, 4) is 0 Å². The van der Waals surface area contributed by atoms with E-state index in [1.54, 1.807) is 11.8 Å². The highest BCUT2D eigenvalue weighted by Crippen LogP contribution is 2.10. The average molecular weight is 245 g/mol. The van der Waals surface area contributed by atoms with Crippen LogP contribution < -0.4 is 5.32 Å². The lowest BCUT2D eigenvalue weighted by Gasteiger charge is -2.13. The van der Waals surface area contributed by atoms with Crippen molar-refractivity contribution in [3.05, 3.63) is 35.4 Å². The lowest BCUT2D eigenvalue weighted by molar-refractivity contribution is 0.514. The fourth-order valence-electron chi connectivity index (χ4n) is 1.35. The zero-order chi connectivity index (χ0) is 12.0. The number of halogens is 2. The van der Waals surface area contributed by atoms with Gasteiger partial charge in [0.1, 0.15) is 11.6 Å². The molecule has 4 heteroatoms. The highest BCUT2D eigenvalue weighted by molar-refractivity contribution is 7.98. The Kier molecular flexibility index (Phi) is 5.77. The summed E-state index contributed by atoms with van der Waals surface area (Å²) in [6, 6.07) is 4.03. The van der Waals surface area contributed by atoms with Gasteiger partial charge in [0.2, 0.25) is 0 Å². The van der Waals surface area contributed by atoms with Crippen LogP contribution in [0.4, 0.5) is 8.78 Å². The monoisotopic (exact) mass is 245 g/mol. The van der Waals surface area contributed by atoms with E-state index >= 15 is 0 Å². The van der Waals surface area contributed by atoms with Gasteiger partial charge < -0.3 is 5.32 Å². The Morgan fingerprint density at radius 3 is 2.75 bits per heavy atom. The molecule has 0 amide bonds. The summed E-state index contributed by atoms with van der Waals surface area (Å²) in [5.41, 5.74) is 0.511. The molecular weight excluding hydrogens is 228 g/mol.